The number of rotatable bonds is 4. The van der Waals surface area contributed by atoms with Gasteiger partial charge in [-0.2, -0.15) is 0 Å². The normalized spacial score (nSPS) is 47.5. The van der Waals surface area contributed by atoms with Crippen LogP contribution in [-0.4, -0.2) is 11.2 Å². The molecule has 27 heavy (non-hydrogen) atoms. The second-order valence-corrected chi connectivity index (χ2v) is 11.6. The van der Waals surface area contributed by atoms with E-state index in [1.54, 1.807) is 0 Å². The van der Waals surface area contributed by atoms with E-state index >= 15 is 0 Å². The molecular formula is C26H44O. The Labute approximate surface area is 168 Å². The first-order valence-electron chi connectivity index (χ1n) is 12.2. The maximum absolute atomic E-state index is 11.1. The highest BCUT2D eigenvalue weighted by Crippen LogP contribution is 2.67. The first-order chi connectivity index (χ1) is 12.9. The molecule has 1 N–H and O–H groups in total. The SMILES string of the molecule is CC(C)=CCC[C@H](O)[C@H]1CC[C@H]2[C@@H]3CC[C@H]4CCCC[C@]4(C)[C@H]3CC[C@]12C. The minimum atomic E-state index is -0.0891. The van der Waals surface area contributed by atoms with E-state index in [1.807, 2.05) is 0 Å². The highest BCUT2D eigenvalue weighted by Gasteiger charge is 2.60. The third-order valence-corrected chi connectivity index (χ3v) is 10.1. The van der Waals surface area contributed by atoms with Gasteiger partial charge in [0.05, 0.1) is 6.10 Å². The molecular weight excluding hydrogens is 328 g/mol. The number of hydrogen-bond acceptors (Lipinski definition) is 1. The summed E-state index contributed by atoms with van der Waals surface area (Å²) < 4.78 is 0. The van der Waals surface area contributed by atoms with Gasteiger partial charge in [-0.15, -0.1) is 0 Å². The Morgan fingerprint density at radius 2 is 1.70 bits per heavy atom. The molecule has 1 heteroatoms. The van der Waals surface area contributed by atoms with Gasteiger partial charge in [-0.1, -0.05) is 38.3 Å². The predicted molar refractivity (Wildman–Crippen MR) is 115 cm³/mol. The summed E-state index contributed by atoms with van der Waals surface area (Å²) in [6, 6.07) is 0. The maximum Gasteiger partial charge on any atom is 0.0576 e. The van der Waals surface area contributed by atoms with Crippen molar-refractivity contribution in [2.45, 2.75) is 111 Å². The van der Waals surface area contributed by atoms with E-state index in [0.717, 1.165) is 36.5 Å². The quantitative estimate of drug-likeness (QED) is 0.520. The Kier molecular flexibility index (Phi) is 5.56. The van der Waals surface area contributed by atoms with Crippen molar-refractivity contribution in [2.75, 3.05) is 0 Å². The van der Waals surface area contributed by atoms with Crippen LogP contribution in [0.3, 0.4) is 0 Å². The first-order valence-corrected chi connectivity index (χ1v) is 12.2. The van der Waals surface area contributed by atoms with Crippen LogP contribution in [0.25, 0.3) is 0 Å². The van der Waals surface area contributed by atoms with Gasteiger partial charge in [0.25, 0.3) is 0 Å². The minimum absolute atomic E-state index is 0.0891. The van der Waals surface area contributed by atoms with Crippen LogP contribution in [0.15, 0.2) is 11.6 Å². The van der Waals surface area contributed by atoms with Crippen molar-refractivity contribution in [2.24, 2.45) is 40.4 Å². The Morgan fingerprint density at radius 3 is 2.48 bits per heavy atom. The van der Waals surface area contributed by atoms with Gasteiger partial charge in [0.15, 0.2) is 0 Å². The molecule has 8 atom stereocenters. The summed E-state index contributed by atoms with van der Waals surface area (Å²) in [6.45, 7) is 9.59. The van der Waals surface area contributed by atoms with E-state index in [0.29, 0.717) is 16.7 Å². The Hall–Kier alpha value is -0.300. The van der Waals surface area contributed by atoms with Gasteiger partial charge in [0.1, 0.15) is 0 Å². The lowest BCUT2D eigenvalue weighted by molar-refractivity contribution is -0.120. The zero-order valence-corrected chi connectivity index (χ0v) is 18.5. The molecule has 0 saturated heterocycles. The van der Waals surface area contributed by atoms with Crippen molar-refractivity contribution >= 4 is 0 Å². The van der Waals surface area contributed by atoms with Crippen LogP contribution in [-0.2, 0) is 0 Å². The molecule has 0 spiro atoms. The molecule has 4 saturated carbocycles. The molecule has 0 aromatic heterocycles. The van der Waals surface area contributed by atoms with Gasteiger partial charge >= 0.3 is 0 Å². The van der Waals surface area contributed by atoms with Crippen LogP contribution in [0.4, 0.5) is 0 Å². The van der Waals surface area contributed by atoms with Gasteiger partial charge in [0, 0.05) is 0 Å². The highest BCUT2D eigenvalue weighted by molar-refractivity contribution is 5.09. The number of fused-ring (bicyclic) bond motifs is 5. The average Bonchev–Trinajstić information content (AvgIpc) is 2.98. The third kappa shape index (κ3) is 3.34. The van der Waals surface area contributed by atoms with Gasteiger partial charge in [-0.05, 0) is 118 Å². The van der Waals surface area contributed by atoms with Crippen LogP contribution in [0, 0.1) is 40.4 Å². The van der Waals surface area contributed by atoms with Crippen molar-refractivity contribution in [1.82, 2.24) is 0 Å². The third-order valence-electron chi connectivity index (χ3n) is 10.1. The van der Waals surface area contributed by atoms with Crippen molar-refractivity contribution in [3.05, 3.63) is 11.6 Å². The fourth-order valence-corrected chi connectivity index (χ4v) is 8.71. The molecule has 0 aromatic rings. The van der Waals surface area contributed by atoms with E-state index in [1.165, 1.54) is 69.8 Å². The lowest BCUT2D eigenvalue weighted by atomic mass is 9.44. The summed E-state index contributed by atoms with van der Waals surface area (Å²) in [5.74, 6) is 4.39. The van der Waals surface area contributed by atoms with Crippen molar-refractivity contribution in [1.29, 1.82) is 0 Å². The van der Waals surface area contributed by atoms with E-state index in [-0.39, 0.29) is 6.10 Å². The van der Waals surface area contributed by atoms with E-state index in [9.17, 15) is 5.11 Å². The van der Waals surface area contributed by atoms with Crippen molar-refractivity contribution < 1.29 is 5.11 Å². The van der Waals surface area contributed by atoms with E-state index < -0.39 is 0 Å². The Balaban J connectivity index is 1.49. The monoisotopic (exact) mass is 372 g/mol. The van der Waals surface area contributed by atoms with Gasteiger partial charge in [-0.3, -0.25) is 0 Å². The van der Waals surface area contributed by atoms with Gasteiger partial charge < -0.3 is 5.11 Å². The zero-order chi connectivity index (χ0) is 19.2. The fraction of sp³-hybridized carbons (Fsp3) is 0.923. The topological polar surface area (TPSA) is 20.2 Å². The summed E-state index contributed by atoms with van der Waals surface area (Å²) in [5, 5.41) is 11.1. The van der Waals surface area contributed by atoms with Crippen LogP contribution in [0.5, 0.6) is 0 Å². The van der Waals surface area contributed by atoms with Gasteiger partial charge in [-0.25, -0.2) is 0 Å². The molecule has 4 fully saturated rings. The van der Waals surface area contributed by atoms with Crippen molar-refractivity contribution in [3.63, 3.8) is 0 Å². The summed E-state index contributed by atoms with van der Waals surface area (Å²) in [6.07, 6.45) is 18.7. The average molecular weight is 373 g/mol. The van der Waals surface area contributed by atoms with Crippen LogP contribution in [0.1, 0.15) is 105 Å². The van der Waals surface area contributed by atoms with E-state index in [2.05, 4.69) is 33.8 Å². The first kappa shape index (κ1) is 20.0. The number of aliphatic hydroxyl groups excluding tert-OH is 1. The van der Waals surface area contributed by atoms with Crippen molar-refractivity contribution in [3.8, 4) is 0 Å². The minimum Gasteiger partial charge on any atom is -0.393 e. The summed E-state index contributed by atoms with van der Waals surface area (Å²) >= 11 is 0. The summed E-state index contributed by atoms with van der Waals surface area (Å²) in [7, 11) is 0. The van der Waals surface area contributed by atoms with E-state index in [4.69, 9.17) is 0 Å². The zero-order valence-electron chi connectivity index (χ0n) is 18.5. The Bertz CT molecular complexity index is 561. The molecule has 0 radical (unpaired) electrons. The Morgan fingerprint density at radius 1 is 0.926 bits per heavy atom. The van der Waals surface area contributed by atoms with Gasteiger partial charge in [0.2, 0.25) is 0 Å². The molecule has 0 bridgehead atoms. The second-order valence-electron chi connectivity index (χ2n) is 11.6. The van der Waals surface area contributed by atoms with Crippen LogP contribution >= 0.6 is 0 Å². The molecule has 0 aromatic carbocycles. The molecule has 154 valence electrons. The van der Waals surface area contributed by atoms with Crippen LogP contribution in [0.2, 0.25) is 0 Å². The molecule has 1 nitrogen and oxygen atoms in total. The maximum atomic E-state index is 11.1. The molecule has 0 amide bonds. The predicted octanol–water partition coefficient (Wildman–Crippen LogP) is 7.14. The summed E-state index contributed by atoms with van der Waals surface area (Å²) in [4.78, 5) is 0. The number of aliphatic hydroxyl groups is 1. The lowest BCUT2D eigenvalue weighted by Gasteiger charge is -2.60. The molecule has 4 aliphatic rings. The summed E-state index contributed by atoms with van der Waals surface area (Å²) in [5.41, 5.74) is 2.43. The van der Waals surface area contributed by atoms with Crippen LogP contribution < -0.4 is 0 Å². The molecule has 4 rings (SSSR count). The highest BCUT2D eigenvalue weighted by atomic mass is 16.3. The number of hydrogen-bond donors (Lipinski definition) is 1. The smallest absolute Gasteiger partial charge is 0.0576 e. The standard InChI is InChI=1S/C26H44O/c1-18(2)8-7-10-24(27)23-14-13-21-20-12-11-19-9-5-6-16-25(19,3)22(20)15-17-26(21,23)4/h8,19-24,27H,5-7,9-17H2,1-4H3/t19-,20+,21+,22+,23-,24+,25+,26+/m1/s1. The lowest BCUT2D eigenvalue weighted by Crippen LogP contribution is -2.53. The molecule has 4 aliphatic carbocycles. The molecule has 0 aliphatic heterocycles. The fourth-order valence-electron chi connectivity index (χ4n) is 8.71. The molecule has 0 unspecified atom stereocenters. The largest absolute Gasteiger partial charge is 0.393 e. The molecule has 0 heterocycles. The number of allylic oxidation sites excluding steroid dienone is 2. The second kappa shape index (κ2) is 7.51.